The summed E-state index contributed by atoms with van der Waals surface area (Å²) in [6.07, 6.45) is -0.221. The third kappa shape index (κ3) is 3.81. The minimum atomic E-state index is -0.503. The number of carbonyl (C=O) groups is 2. The number of hydrogen-bond donors (Lipinski definition) is 0. The molecule has 0 aromatic heterocycles. The highest BCUT2D eigenvalue weighted by Gasteiger charge is 2.38. The van der Waals surface area contributed by atoms with E-state index in [9.17, 15) is 9.59 Å². The molecule has 0 N–H and O–H groups in total. The van der Waals surface area contributed by atoms with E-state index in [1.165, 1.54) is 13.8 Å². The summed E-state index contributed by atoms with van der Waals surface area (Å²) in [6.45, 7) is 4.12. The zero-order chi connectivity index (χ0) is 14.5. The highest BCUT2D eigenvalue weighted by Crippen LogP contribution is 2.24. The van der Waals surface area contributed by atoms with Crippen LogP contribution in [0, 0.1) is 0 Å². The molecule has 5 nitrogen and oxygen atoms in total. The predicted molar refractivity (Wildman–Crippen MR) is 72.6 cm³/mol. The summed E-state index contributed by atoms with van der Waals surface area (Å²) in [6, 6.07) is 9.93. The molecule has 0 radical (unpaired) electrons. The van der Waals surface area contributed by atoms with Crippen LogP contribution < -0.4 is 0 Å². The molecular formula is C15H19NO4. The highest BCUT2D eigenvalue weighted by atomic mass is 16.6. The Morgan fingerprint density at radius 3 is 2.40 bits per heavy atom. The van der Waals surface area contributed by atoms with Crippen molar-refractivity contribution in [3.05, 3.63) is 35.9 Å². The van der Waals surface area contributed by atoms with E-state index < -0.39 is 6.23 Å². The van der Waals surface area contributed by atoms with Crippen LogP contribution in [0.3, 0.4) is 0 Å². The lowest BCUT2D eigenvalue weighted by atomic mass is 10.2. The van der Waals surface area contributed by atoms with Crippen LogP contribution in [0.2, 0.25) is 0 Å². The zero-order valence-electron chi connectivity index (χ0n) is 11.7. The Labute approximate surface area is 118 Å². The van der Waals surface area contributed by atoms with Crippen molar-refractivity contribution < 1.29 is 19.1 Å². The fraction of sp³-hybridized carbons (Fsp3) is 0.467. The average Bonchev–Trinajstić information content (AvgIpc) is 2.72. The maximum atomic E-state index is 11.2. The Morgan fingerprint density at radius 2 is 1.80 bits per heavy atom. The lowest BCUT2D eigenvalue weighted by Gasteiger charge is -2.26. The van der Waals surface area contributed by atoms with Gasteiger partial charge in [-0.3, -0.25) is 14.5 Å². The second-order valence-electron chi connectivity index (χ2n) is 4.89. The van der Waals surface area contributed by atoms with E-state index in [4.69, 9.17) is 9.47 Å². The molecule has 1 fully saturated rings. The number of ether oxygens (including phenoxy) is 2. The Balaban J connectivity index is 2.07. The third-order valence-corrected chi connectivity index (χ3v) is 3.21. The van der Waals surface area contributed by atoms with Crippen molar-refractivity contribution in [3.8, 4) is 0 Å². The van der Waals surface area contributed by atoms with Gasteiger partial charge in [0, 0.05) is 33.4 Å². The van der Waals surface area contributed by atoms with Crippen molar-refractivity contribution in [3.63, 3.8) is 0 Å². The van der Waals surface area contributed by atoms with Crippen LogP contribution in [0.1, 0.15) is 25.8 Å². The maximum absolute atomic E-state index is 11.2. The van der Waals surface area contributed by atoms with Crippen molar-refractivity contribution in [2.75, 3.05) is 6.54 Å². The van der Waals surface area contributed by atoms with Gasteiger partial charge >= 0.3 is 11.9 Å². The first kappa shape index (κ1) is 14.5. The van der Waals surface area contributed by atoms with Gasteiger partial charge < -0.3 is 9.47 Å². The van der Waals surface area contributed by atoms with E-state index in [-0.39, 0.29) is 18.0 Å². The number of likely N-dealkylation sites (tertiary alicyclic amines) is 1. The maximum Gasteiger partial charge on any atom is 0.304 e. The van der Waals surface area contributed by atoms with E-state index in [0.717, 1.165) is 12.1 Å². The summed E-state index contributed by atoms with van der Waals surface area (Å²) < 4.78 is 10.6. The minimum Gasteiger partial charge on any atom is -0.457 e. The molecule has 1 aliphatic heterocycles. The minimum absolute atomic E-state index is 0.353. The molecule has 1 saturated heterocycles. The number of rotatable bonds is 4. The van der Waals surface area contributed by atoms with Crippen molar-refractivity contribution in [1.82, 2.24) is 4.90 Å². The number of carbonyl (C=O) groups excluding carboxylic acids is 2. The summed E-state index contributed by atoms with van der Waals surface area (Å²) in [4.78, 5) is 24.4. The number of hydrogen-bond acceptors (Lipinski definition) is 5. The molecule has 1 aliphatic rings. The molecule has 2 atom stereocenters. The molecule has 5 heteroatoms. The summed E-state index contributed by atoms with van der Waals surface area (Å²) in [5.41, 5.74) is 1.13. The Hall–Kier alpha value is -1.88. The molecule has 2 rings (SSSR count). The van der Waals surface area contributed by atoms with Crippen LogP contribution in [0.5, 0.6) is 0 Å². The quantitative estimate of drug-likeness (QED) is 0.784. The first-order valence-electron chi connectivity index (χ1n) is 6.68. The largest absolute Gasteiger partial charge is 0.457 e. The molecule has 1 aromatic rings. The Morgan fingerprint density at radius 1 is 1.15 bits per heavy atom. The second kappa shape index (κ2) is 6.52. The first-order chi connectivity index (χ1) is 9.56. The third-order valence-electron chi connectivity index (χ3n) is 3.21. The molecular weight excluding hydrogens is 258 g/mol. The van der Waals surface area contributed by atoms with Crippen LogP contribution >= 0.6 is 0 Å². The molecule has 0 amide bonds. The SMILES string of the molecule is CC(=O)OC1CCN(Cc2ccccc2)C1OC(C)=O. The molecule has 0 bridgehead atoms. The average molecular weight is 277 g/mol. The number of benzene rings is 1. The standard InChI is InChI=1S/C15H19NO4/c1-11(17)19-14-8-9-16(15(14)20-12(2)18)10-13-6-4-3-5-7-13/h3-7,14-15H,8-10H2,1-2H3. The van der Waals surface area contributed by atoms with Crippen molar-refractivity contribution in [2.24, 2.45) is 0 Å². The van der Waals surface area contributed by atoms with Gasteiger partial charge in [-0.15, -0.1) is 0 Å². The molecule has 0 aliphatic carbocycles. The molecule has 1 heterocycles. The summed E-state index contributed by atoms with van der Waals surface area (Å²) in [5, 5.41) is 0. The van der Waals surface area contributed by atoms with E-state index >= 15 is 0 Å². The van der Waals surface area contributed by atoms with Crippen molar-refractivity contribution >= 4 is 11.9 Å². The highest BCUT2D eigenvalue weighted by molar-refractivity contribution is 5.67. The molecule has 2 unspecified atom stereocenters. The van der Waals surface area contributed by atoms with E-state index in [2.05, 4.69) is 0 Å². The summed E-state index contributed by atoms with van der Waals surface area (Å²) in [5.74, 6) is -0.721. The van der Waals surface area contributed by atoms with Gasteiger partial charge in [0.25, 0.3) is 0 Å². The first-order valence-corrected chi connectivity index (χ1v) is 6.68. The van der Waals surface area contributed by atoms with Crippen LogP contribution in [-0.4, -0.2) is 35.7 Å². The van der Waals surface area contributed by atoms with Gasteiger partial charge in [0.15, 0.2) is 12.3 Å². The summed E-state index contributed by atoms with van der Waals surface area (Å²) >= 11 is 0. The lowest BCUT2D eigenvalue weighted by molar-refractivity contribution is -0.173. The van der Waals surface area contributed by atoms with Gasteiger partial charge in [-0.25, -0.2) is 0 Å². The predicted octanol–water partition coefficient (Wildman–Crippen LogP) is 1.71. The van der Waals surface area contributed by atoms with Gasteiger partial charge in [0.1, 0.15) is 0 Å². The molecule has 108 valence electrons. The monoisotopic (exact) mass is 277 g/mol. The van der Waals surface area contributed by atoms with Gasteiger partial charge in [-0.05, 0) is 5.56 Å². The normalized spacial score (nSPS) is 22.5. The van der Waals surface area contributed by atoms with Gasteiger partial charge in [-0.2, -0.15) is 0 Å². The van der Waals surface area contributed by atoms with Crippen LogP contribution in [-0.2, 0) is 25.6 Å². The number of nitrogens with zero attached hydrogens (tertiary/aromatic N) is 1. The lowest BCUT2D eigenvalue weighted by Crippen LogP contribution is -2.40. The van der Waals surface area contributed by atoms with E-state index in [1.54, 1.807) is 0 Å². The van der Waals surface area contributed by atoms with Crippen molar-refractivity contribution in [1.29, 1.82) is 0 Å². The van der Waals surface area contributed by atoms with Crippen LogP contribution in [0.25, 0.3) is 0 Å². The second-order valence-corrected chi connectivity index (χ2v) is 4.89. The van der Waals surface area contributed by atoms with E-state index in [1.807, 2.05) is 35.2 Å². The molecule has 1 aromatic carbocycles. The fourth-order valence-corrected chi connectivity index (χ4v) is 2.44. The zero-order valence-corrected chi connectivity index (χ0v) is 11.7. The van der Waals surface area contributed by atoms with E-state index in [0.29, 0.717) is 13.0 Å². The van der Waals surface area contributed by atoms with Gasteiger partial charge in [0.2, 0.25) is 0 Å². The Kier molecular flexibility index (Phi) is 4.74. The topological polar surface area (TPSA) is 55.8 Å². The van der Waals surface area contributed by atoms with Crippen LogP contribution in [0.4, 0.5) is 0 Å². The van der Waals surface area contributed by atoms with Gasteiger partial charge in [0.05, 0.1) is 0 Å². The molecule has 0 spiro atoms. The molecule has 20 heavy (non-hydrogen) atoms. The summed E-state index contributed by atoms with van der Waals surface area (Å²) in [7, 11) is 0. The Bertz CT molecular complexity index is 474. The fourth-order valence-electron chi connectivity index (χ4n) is 2.44. The van der Waals surface area contributed by atoms with Crippen LogP contribution in [0.15, 0.2) is 30.3 Å². The molecule has 0 saturated carbocycles. The van der Waals surface area contributed by atoms with Gasteiger partial charge in [-0.1, -0.05) is 30.3 Å². The smallest absolute Gasteiger partial charge is 0.304 e. The van der Waals surface area contributed by atoms with Crippen molar-refractivity contribution in [2.45, 2.75) is 39.1 Å². The number of esters is 2.